The first kappa shape index (κ1) is 17.5. The molecule has 1 N–H and O–H groups in total. The topological polar surface area (TPSA) is 41.6 Å². The Kier molecular flexibility index (Phi) is 5.30. The van der Waals surface area contributed by atoms with Gasteiger partial charge in [0.25, 0.3) is 0 Å². The van der Waals surface area contributed by atoms with Crippen molar-refractivity contribution in [1.29, 1.82) is 0 Å². The van der Waals surface area contributed by atoms with Crippen LogP contribution in [0.25, 0.3) is 0 Å². The van der Waals surface area contributed by atoms with Crippen molar-refractivity contribution in [2.75, 3.05) is 17.6 Å². The van der Waals surface area contributed by atoms with E-state index in [-0.39, 0.29) is 11.4 Å². The molecule has 136 valence electrons. The molecule has 1 saturated heterocycles. The second-order valence-corrected chi connectivity index (χ2v) is 7.39. The number of para-hydroxylation sites is 2. The SMILES string of the molecule is O=C(Nc1ccccc1)N1CCSC1c1cccc(Oc2ccccc2)c1. The fraction of sp³-hybridized carbons (Fsp3) is 0.136. The number of hydrogen-bond acceptors (Lipinski definition) is 3. The number of benzene rings is 3. The van der Waals surface area contributed by atoms with Crippen LogP contribution in [-0.4, -0.2) is 23.2 Å². The molecular formula is C22H20N2O2S. The fourth-order valence-corrected chi connectivity index (χ4v) is 4.27. The predicted molar refractivity (Wildman–Crippen MR) is 110 cm³/mol. The molecule has 0 bridgehead atoms. The number of ether oxygens (including phenoxy) is 1. The number of nitrogens with zero attached hydrogens (tertiary/aromatic N) is 1. The molecule has 4 rings (SSSR count). The Bertz CT molecular complexity index is 902. The molecule has 0 aliphatic carbocycles. The molecule has 1 atom stereocenters. The highest BCUT2D eigenvalue weighted by Gasteiger charge is 2.31. The highest BCUT2D eigenvalue weighted by molar-refractivity contribution is 7.99. The molecule has 0 saturated carbocycles. The summed E-state index contributed by atoms with van der Waals surface area (Å²) in [5.41, 5.74) is 1.87. The Morgan fingerprint density at radius 2 is 1.63 bits per heavy atom. The van der Waals surface area contributed by atoms with Crippen LogP contribution in [0, 0.1) is 0 Å². The Hall–Kier alpha value is -2.92. The number of carbonyl (C=O) groups excluding carboxylic acids is 1. The van der Waals surface area contributed by atoms with Gasteiger partial charge in [0.1, 0.15) is 16.9 Å². The molecule has 4 nitrogen and oxygen atoms in total. The maximum absolute atomic E-state index is 12.7. The van der Waals surface area contributed by atoms with E-state index in [2.05, 4.69) is 5.32 Å². The van der Waals surface area contributed by atoms with E-state index in [0.717, 1.165) is 35.0 Å². The number of thioether (sulfide) groups is 1. The summed E-state index contributed by atoms with van der Waals surface area (Å²) in [5.74, 6) is 2.48. The summed E-state index contributed by atoms with van der Waals surface area (Å²) in [6.45, 7) is 0.720. The Morgan fingerprint density at radius 1 is 0.926 bits per heavy atom. The summed E-state index contributed by atoms with van der Waals surface area (Å²) >= 11 is 1.77. The molecule has 2 amide bonds. The van der Waals surface area contributed by atoms with Crippen molar-refractivity contribution >= 4 is 23.5 Å². The fourth-order valence-electron chi connectivity index (χ4n) is 3.03. The molecular weight excluding hydrogens is 356 g/mol. The van der Waals surface area contributed by atoms with Gasteiger partial charge in [0, 0.05) is 18.0 Å². The Balaban J connectivity index is 1.50. The second-order valence-electron chi connectivity index (χ2n) is 6.20. The largest absolute Gasteiger partial charge is 0.457 e. The number of carbonyl (C=O) groups is 1. The van der Waals surface area contributed by atoms with E-state index in [9.17, 15) is 4.79 Å². The molecule has 3 aromatic carbocycles. The number of urea groups is 1. The summed E-state index contributed by atoms with van der Waals surface area (Å²) in [6, 6.07) is 27.1. The van der Waals surface area contributed by atoms with Gasteiger partial charge in [0.2, 0.25) is 0 Å². The van der Waals surface area contributed by atoms with Gasteiger partial charge < -0.3 is 15.0 Å². The summed E-state index contributed by atoms with van der Waals surface area (Å²) in [5, 5.41) is 2.96. The number of nitrogens with one attached hydrogen (secondary N) is 1. The molecule has 5 heteroatoms. The van der Waals surface area contributed by atoms with Crippen LogP contribution in [0.3, 0.4) is 0 Å². The van der Waals surface area contributed by atoms with Gasteiger partial charge in [-0.3, -0.25) is 0 Å². The first-order valence-electron chi connectivity index (χ1n) is 8.87. The third-order valence-electron chi connectivity index (χ3n) is 4.30. The van der Waals surface area contributed by atoms with Gasteiger partial charge in [-0.2, -0.15) is 0 Å². The monoisotopic (exact) mass is 376 g/mol. The Labute approximate surface area is 163 Å². The zero-order chi connectivity index (χ0) is 18.5. The van der Waals surface area contributed by atoms with Gasteiger partial charge >= 0.3 is 6.03 Å². The summed E-state index contributed by atoms with van der Waals surface area (Å²) < 4.78 is 5.94. The van der Waals surface area contributed by atoms with Crippen molar-refractivity contribution in [3.05, 3.63) is 90.5 Å². The lowest BCUT2D eigenvalue weighted by molar-refractivity contribution is 0.214. The minimum absolute atomic E-state index is 0.0203. The zero-order valence-electron chi connectivity index (χ0n) is 14.7. The summed E-state index contributed by atoms with van der Waals surface area (Å²) in [4.78, 5) is 14.6. The van der Waals surface area contributed by atoms with E-state index >= 15 is 0 Å². The predicted octanol–water partition coefficient (Wildman–Crippen LogP) is 5.76. The van der Waals surface area contributed by atoms with E-state index < -0.39 is 0 Å². The average Bonchev–Trinajstić information content (AvgIpc) is 3.20. The lowest BCUT2D eigenvalue weighted by Crippen LogP contribution is -2.34. The second kappa shape index (κ2) is 8.18. The molecule has 27 heavy (non-hydrogen) atoms. The normalized spacial score (nSPS) is 16.1. The minimum atomic E-state index is -0.0782. The van der Waals surface area contributed by atoms with Crippen LogP contribution < -0.4 is 10.1 Å². The number of anilines is 1. The maximum Gasteiger partial charge on any atom is 0.323 e. The van der Waals surface area contributed by atoms with E-state index in [0.29, 0.717) is 0 Å². The quantitative estimate of drug-likeness (QED) is 0.629. The van der Waals surface area contributed by atoms with Crippen LogP contribution in [0.5, 0.6) is 11.5 Å². The van der Waals surface area contributed by atoms with Crippen molar-refractivity contribution in [3.8, 4) is 11.5 Å². The number of amides is 2. The van der Waals surface area contributed by atoms with E-state index in [1.54, 1.807) is 11.8 Å². The molecule has 1 aliphatic rings. The minimum Gasteiger partial charge on any atom is -0.457 e. The van der Waals surface area contributed by atoms with Crippen LogP contribution in [0.1, 0.15) is 10.9 Å². The van der Waals surface area contributed by atoms with Crippen molar-refractivity contribution in [2.24, 2.45) is 0 Å². The highest BCUT2D eigenvalue weighted by atomic mass is 32.2. The molecule has 1 unspecified atom stereocenters. The van der Waals surface area contributed by atoms with Gasteiger partial charge in [0.15, 0.2) is 0 Å². The molecule has 0 radical (unpaired) electrons. The van der Waals surface area contributed by atoms with Crippen LogP contribution in [0.2, 0.25) is 0 Å². The average molecular weight is 376 g/mol. The smallest absolute Gasteiger partial charge is 0.323 e. The number of hydrogen-bond donors (Lipinski definition) is 1. The molecule has 0 spiro atoms. The molecule has 1 aliphatic heterocycles. The molecule has 1 heterocycles. The highest BCUT2D eigenvalue weighted by Crippen LogP contribution is 2.39. The third-order valence-corrected chi connectivity index (χ3v) is 5.56. The zero-order valence-corrected chi connectivity index (χ0v) is 15.6. The van der Waals surface area contributed by atoms with Gasteiger partial charge in [-0.1, -0.05) is 48.5 Å². The molecule has 3 aromatic rings. The third kappa shape index (κ3) is 4.26. The van der Waals surface area contributed by atoms with Crippen molar-refractivity contribution in [1.82, 2.24) is 4.90 Å². The maximum atomic E-state index is 12.7. The van der Waals surface area contributed by atoms with Crippen LogP contribution >= 0.6 is 11.8 Å². The summed E-state index contributed by atoms with van der Waals surface area (Å²) in [7, 11) is 0. The van der Waals surface area contributed by atoms with Crippen LogP contribution in [-0.2, 0) is 0 Å². The summed E-state index contributed by atoms with van der Waals surface area (Å²) in [6.07, 6.45) is 0. The van der Waals surface area contributed by atoms with E-state index in [1.165, 1.54) is 0 Å². The van der Waals surface area contributed by atoms with Gasteiger partial charge in [-0.15, -0.1) is 11.8 Å². The van der Waals surface area contributed by atoms with Crippen LogP contribution in [0.4, 0.5) is 10.5 Å². The standard InChI is InChI=1S/C22H20N2O2S/c25-22(23-18-9-3-1-4-10-18)24-14-15-27-21(24)17-8-7-13-20(16-17)26-19-11-5-2-6-12-19/h1-13,16,21H,14-15H2,(H,23,25). The van der Waals surface area contributed by atoms with Crippen molar-refractivity contribution in [2.45, 2.75) is 5.37 Å². The molecule has 0 aromatic heterocycles. The molecule has 1 fully saturated rings. The van der Waals surface area contributed by atoms with E-state index in [1.807, 2.05) is 89.8 Å². The van der Waals surface area contributed by atoms with Crippen molar-refractivity contribution in [3.63, 3.8) is 0 Å². The lowest BCUT2D eigenvalue weighted by atomic mass is 10.2. The Morgan fingerprint density at radius 3 is 2.41 bits per heavy atom. The van der Waals surface area contributed by atoms with Crippen LogP contribution in [0.15, 0.2) is 84.9 Å². The first-order chi connectivity index (χ1) is 13.3. The van der Waals surface area contributed by atoms with Crippen molar-refractivity contribution < 1.29 is 9.53 Å². The van der Waals surface area contributed by atoms with E-state index in [4.69, 9.17) is 4.74 Å². The first-order valence-corrected chi connectivity index (χ1v) is 9.91. The van der Waals surface area contributed by atoms with Gasteiger partial charge in [-0.25, -0.2) is 4.79 Å². The van der Waals surface area contributed by atoms with Gasteiger partial charge in [0.05, 0.1) is 0 Å². The van der Waals surface area contributed by atoms with Gasteiger partial charge in [-0.05, 0) is 42.0 Å². The lowest BCUT2D eigenvalue weighted by Gasteiger charge is -2.24. The number of rotatable bonds is 4.